The number of anilines is 1. The molecule has 2 aliphatic heterocycles. The van der Waals surface area contributed by atoms with E-state index >= 15 is 0 Å². The Hall–Kier alpha value is -2.70. The molecule has 0 aliphatic carbocycles. The largest absolute Gasteiger partial charge is 0.492 e. The minimum Gasteiger partial charge on any atom is -0.492 e. The maximum Gasteiger partial charge on any atom is 0.293 e. The summed E-state index contributed by atoms with van der Waals surface area (Å²) in [5.74, 6) is 0.393. The molecule has 0 saturated carbocycles. The normalized spacial score (nSPS) is 18.2. The van der Waals surface area contributed by atoms with Gasteiger partial charge in [-0.3, -0.25) is 14.5 Å². The van der Waals surface area contributed by atoms with Crippen LogP contribution in [0, 0.1) is 6.92 Å². The lowest BCUT2D eigenvalue weighted by Gasteiger charge is -2.43. The molecule has 0 aromatic heterocycles. The smallest absolute Gasteiger partial charge is 0.293 e. The minimum atomic E-state index is -0.317. The number of rotatable bonds is 7. The fourth-order valence-corrected chi connectivity index (χ4v) is 5.65. The van der Waals surface area contributed by atoms with Crippen LogP contribution in [0.25, 0.3) is 11.6 Å². The van der Waals surface area contributed by atoms with Gasteiger partial charge in [0.25, 0.3) is 11.1 Å². The van der Waals surface area contributed by atoms with Crippen LogP contribution < -0.4 is 9.64 Å². The monoisotopic (exact) mass is 510 g/mol. The number of allylic oxidation sites excluding steroid dienone is 1. The van der Waals surface area contributed by atoms with E-state index in [4.69, 9.17) is 16.3 Å². The van der Waals surface area contributed by atoms with Crippen molar-refractivity contribution in [3.8, 4) is 5.75 Å². The van der Waals surface area contributed by atoms with E-state index in [2.05, 4.69) is 38.7 Å². The van der Waals surface area contributed by atoms with Gasteiger partial charge in [-0.1, -0.05) is 42.3 Å². The highest BCUT2D eigenvalue weighted by molar-refractivity contribution is 8.18. The average molecular weight is 511 g/mol. The van der Waals surface area contributed by atoms with Crippen molar-refractivity contribution in [3.05, 3.63) is 69.1 Å². The minimum absolute atomic E-state index is 0.110. The first-order chi connectivity index (χ1) is 16.6. The molecule has 0 bridgehead atoms. The van der Waals surface area contributed by atoms with Gasteiger partial charge in [-0.05, 0) is 87.4 Å². The van der Waals surface area contributed by atoms with Crippen LogP contribution in [0.3, 0.4) is 0 Å². The number of ether oxygens (including phenoxy) is 1. The van der Waals surface area contributed by atoms with Crippen molar-refractivity contribution >= 4 is 51.8 Å². The van der Waals surface area contributed by atoms with Crippen molar-refractivity contribution in [2.24, 2.45) is 0 Å². The molecule has 5 nitrogen and oxygen atoms in total. The Balaban J connectivity index is 1.53. The van der Waals surface area contributed by atoms with E-state index in [0.717, 1.165) is 47.1 Å². The Morgan fingerprint density at radius 1 is 1.09 bits per heavy atom. The topological polar surface area (TPSA) is 49.9 Å². The van der Waals surface area contributed by atoms with Gasteiger partial charge in [0.2, 0.25) is 0 Å². The number of carbonyl (C=O) groups excluding carboxylic acids is 2. The third-order valence-corrected chi connectivity index (χ3v) is 7.54. The number of nitrogens with zero attached hydrogens (tertiary/aromatic N) is 2. The number of fused-ring (bicyclic) bond motifs is 1. The van der Waals surface area contributed by atoms with Crippen LogP contribution in [0.15, 0.2) is 47.4 Å². The molecule has 2 heterocycles. The van der Waals surface area contributed by atoms with E-state index in [1.807, 2.05) is 43.3 Å². The van der Waals surface area contributed by atoms with E-state index in [-0.39, 0.29) is 29.8 Å². The first-order valence-corrected chi connectivity index (χ1v) is 13.1. The number of thioether (sulfide) groups is 1. The number of hydrogen-bond donors (Lipinski definition) is 0. The van der Waals surface area contributed by atoms with Gasteiger partial charge in [0, 0.05) is 22.8 Å². The molecule has 0 N–H and O–H groups in total. The Bertz CT molecular complexity index is 1220. The molecule has 184 valence electrons. The summed E-state index contributed by atoms with van der Waals surface area (Å²) >= 11 is 7.64. The molecule has 1 saturated heterocycles. The zero-order valence-electron chi connectivity index (χ0n) is 20.9. The molecule has 2 aromatic rings. The van der Waals surface area contributed by atoms with Gasteiger partial charge >= 0.3 is 0 Å². The lowest BCUT2D eigenvalue weighted by atomic mass is 9.87. The van der Waals surface area contributed by atoms with Crippen LogP contribution in [0.2, 0.25) is 5.02 Å². The summed E-state index contributed by atoms with van der Waals surface area (Å²) in [7, 11) is 0. The van der Waals surface area contributed by atoms with Crippen molar-refractivity contribution < 1.29 is 14.3 Å². The number of hydrogen-bond acceptors (Lipinski definition) is 5. The Labute approximate surface area is 216 Å². The van der Waals surface area contributed by atoms with Gasteiger partial charge in [-0.2, -0.15) is 0 Å². The standard InChI is InChI=1S/C28H31ClN2O3S/c1-6-11-31-24-16-23(29)20(14-22(24)19(3)17-28(31,4)5)15-25-26(32)30(27(33)35-25)12-13-34-21-9-7-18(2)8-10-21/h7-10,14-17H,6,11-13H2,1-5H3/b25-15+. The van der Waals surface area contributed by atoms with Gasteiger partial charge in [-0.25, -0.2) is 0 Å². The van der Waals surface area contributed by atoms with Gasteiger partial charge in [0.15, 0.2) is 0 Å². The molecule has 35 heavy (non-hydrogen) atoms. The van der Waals surface area contributed by atoms with Gasteiger partial charge in [-0.15, -0.1) is 0 Å². The second-order valence-electron chi connectivity index (χ2n) is 9.52. The highest BCUT2D eigenvalue weighted by Crippen LogP contribution is 2.42. The SMILES string of the molecule is CCCN1c2cc(Cl)c(/C=C3/SC(=O)N(CCOc4ccc(C)cc4)C3=O)cc2C(C)=CC1(C)C. The van der Waals surface area contributed by atoms with E-state index in [0.29, 0.717) is 15.7 Å². The third kappa shape index (κ3) is 5.29. The van der Waals surface area contributed by atoms with E-state index in [1.165, 1.54) is 10.5 Å². The van der Waals surface area contributed by atoms with E-state index in [9.17, 15) is 9.59 Å². The zero-order valence-corrected chi connectivity index (χ0v) is 22.4. The van der Waals surface area contributed by atoms with E-state index in [1.54, 1.807) is 6.08 Å². The predicted octanol–water partition coefficient (Wildman–Crippen LogP) is 7.18. The summed E-state index contributed by atoms with van der Waals surface area (Å²) in [5, 5.41) is 0.264. The first kappa shape index (κ1) is 25.4. The van der Waals surface area contributed by atoms with Crippen LogP contribution in [-0.2, 0) is 4.79 Å². The highest BCUT2D eigenvalue weighted by atomic mass is 35.5. The average Bonchev–Trinajstić information content (AvgIpc) is 3.06. The van der Waals surface area contributed by atoms with Crippen LogP contribution in [-0.4, -0.2) is 41.3 Å². The second-order valence-corrected chi connectivity index (χ2v) is 10.9. The molecule has 0 radical (unpaired) electrons. The summed E-state index contributed by atoms with van der Waals surface area (Å²) < 4.78 is 5.71. The summed E-state index contributed by atoms with van der Waals surface area (Å²) in [5.41, 5.74) is 5.13. The van der Waals surface area contributed by atoms with Gasteiger partial charge < -0.3 is 9.64 Å². The van der Waals surface area contributed by atoms with Crippen LogP contribution in [0.1, 0.15) is 50.8 Å². The molecule has 2 aromatic carbocycles. The molecular formula is C28H31ClN2O3S. The van der Waals surface area contributed by atoms with Crippen molar-refractivity contribution in [2.45, 2.75) is 46.6 Å². The van der Waals surface area contributed by atoms with Crippen molar-refractivity contribution in [2.75, 3.05) is 24.6 Å². The maximum absolute atomic E-state index is 13.0. The number of halogens is 1. The molecule has 1 fully saturated rings. The summed E-state index contributed by atoms with van der Waals surface area (Å²) in [6.45, 7) is 12.0. The summed E-state index contributed by atoms with van der Waals surface area (Å²) in [6.07, 6.45) is 5.02. The molecule has 2 aliphatic rings. The van der Waals surface area contributed by atoms with Crippen molar-refractivity contribution in [1.82, 2.24) is 4.90 Å². The molecule has 0 unspecified atom stereocenters. The number of aryl methyl sites for hydroxylation is 1. The Kier molecular flexibility index (Phi) is 7.34. The number of carbonyl (C=O) groups is 2. The molecule has 0 spiro atoms. The fraction of sp³-hybridized carbons (Fsp3) is 0.357. The van der Waals surface area contributed by atoms with Crippen molar-refractivity contribution in [3.63, 3.8) is 0 Å². The predicted molar refractivity (Wildman–Crippen MR) is 146 cm³/mol. The lowest BCUT2D eigenvalue weighted by Crippen LogP contribution is -2.45. The molecule has 4 rings (SSSR count). The Morgan fingerprint density at radius 3 is 2.49 bits per heavy atom. The molecule has 2 amide bonds. The highest BCUT2D eigenvalue weighted by Gasteiger charge is 2.35. The fourth-order valence-electron chi connectivity index (χ4n) is 4.58. The van der Waals surface area contributed by atoms with Gasteiger partial charge in [0.05, 0.1) is 17.0 Å². The third-order valence-electron chi connectivity index (χ3n) is 6.31. The maximum atomic E-state index is 13.0. The first-order valence-electron chi connectivity index (χ1n) is 11.9. The number of benzene rings is 2. The second kappa shape index (κ2) is 10.1. The number of amides is 2. The summed E-state index contributed by atoms with van der Waals surface area (Å²) in [4.78, 5) is 29.5. The number of imide groups is 1. The molecular weight excluding hydrogens is 480 g/mol. The van der Waals surface area contributed by atoms with Crippen LogP contribution in [0.4, 0.5) is 10.5 Å². The van der Waals surface area contributed by atoms with Crippen LogP contribution in [0.5, 0.6) is 5.75 Å². The van der Waals surface area contributed by atoms with Gasteiger partial charge in [0.1, 0.15) is 12.4 Å². The van der Waals surface area contributed by atoms with Crippen LogP contribution >= 0.6 is 23.4 Å². The zero-order chi connectivity index (χ0) is 25.3. The summed E-state index contributed by atoms with van der Waals surface area (Å²) in [6, 6.07) is 11.7. The molecule has 7 heteroatoms. The molecule has 0 atom stereocenters. The quantitative estimate of drug-likeness (QED) is 0.369. The Morgan fingerprint density at radius 2 is 1.80 bits per heavy atom. The van der Waals surface area contributed by atoms with Crippen molar-refractivity contribution in [1.29, 1.82) is 0 Å². The van der Waals surface area contributed by atoms with E-state index < -0.39 is 0 Å². The lowest BCUT2D eigenvalue weighted by molar-refractivity contribution is -0.123.